The molecule has 3 rings (SSSR count). The number of hydrogen-bond acceptors (Lipinski definition) is 2. The lowest BCUT2D eigenvalue weighted by molar-refractivity contribution is -0.122. The van der Waals surface area contributed by atoms with Crippen molar-refractivity contribution < 1.29 is 4.79 Å². The van der Waals surface area contributed by atoms with Gasteiger partial charge in [-0.25, -0.2) is 0 Å². The lowest BCUT2D eigenvalue weighted by atomic mass is 10.1. The quantitative estimate of drug-likeness (QED) is 0.912. The number of nitrogens with one attached hydrogen (secondary N) is 1. The average Bonchev–Trinajstić information content (AvgIpc) is 3.05. The third-order valence-corrected chi connectivity index (χ3v) is 4.72. The molecule has 2 aromatic carbocycles. The Labute approximate surface area is 142 Å². The van der Waals surface area contributed by atoms with Gasteiger partial charge >= 0.3 is 0 Å². The molecular formula is C19H21ClN2O. The van der Waals surface area contributed by atoms with Gasteiger partial charge < -0.3 is 10.2 Å². The van der Waals surface area contributed by atoms with E-state index in [4.69, 9.17) is 11.6 Å². The van der Waals surface area contributed by atoms with E-state index in [9.17, 15) is 4.79 Å². The summed E-state index contributed by atoms with van der Waals surface area (Å²) in [6.07, 6.45) is 1.92. The zero-order chi connectivity index (χ0) is 16.2. The number of halogens is 1. The number of para-hydroxylation sites is 1. The number of nitrogens with zero attached hydrogens (tertiary/aromatic N) is 1. The summed E-state index contributed by atoms with van der Waals surface area (Å²) in [5, 5.41) is 3.80. The Morgan fingerprint density at radius 3 is 2.61 bits per heavy atom. The molecule has 2 aromatic rings. The summed E-state index contributed by atoms with van der Waals surface area (Å²) >= 11 is 6.23. The molecule has 1 saturated heterocycles. The third kappa shape index (κ3) is 3.50. The van der Waals surface area contributed by atoms with Crippen molar-refractivity contribution in [3.8, 4) is 0 Å². The maximum Gasteiger partial charge on any atom is 0.243 e. The molecule has 2 atom stereocenters. The Balaban J connectivity index is 1.71. The topological polar surface area (TPSA) is 32.3 Å². The molecular weight excluding hydrogens is 308 g/mol. The second-order valence-electron chi connectivity index (χ2n) is 5.94. The molecule has 0 bridgehead atoms. The fourth-order valence-electron chi connectivity index (χ4n) is 3.18. The number of carbonyl (C=O) groups is 1. The van der Waals surface area contributed by atoms with E-state index in [2.05, 4.69) is 22.3 Å². The highest BCUT2D eigenvalue weighted by Crippen LogP contribution is 2.27. The Morgan fingerprint density at radius 1 is 1.17 bits per heavy atom. The van der Waals surface area contributed by atoms with Crippen molar-refractivity contribution >= 4 is 23.2 Å². The van der Waals surface area contributed by atoms with Gasteiger partial charge in [0.15, 0.2) is 0 Å². The van der Waals surface area contributed by atoms with E-state index in [1.54, 1.807) is 0 Å². The van der Waals surface area contributed by atoms with E-state index in [1.807, 2.05) is 49.4 Å². The van der Waals surface area contributed by atoms with Crippen molar-refractivity contribution in [3.05, 3.63) is 65.2 Å². The molecule has 0 spiro atoms. The van der Waals surface area contributed by atoms with E-state index >= 15 is 0 Å². The van der Waals surface area contributed by atoms with Crippen LogP contribution in [0.1, 0.15) is 31.4 Å². The van der Waals surface area contributed by atoms with Crippen LogP contribution in [0.2, 0.25) is 5.02 Å². The largest absolute Gasteiger partial charge is 0.360 e. The molecule has 0 aliphatic carbocycles. The Bertz CT molecular complexity index is 674. The molecule has 1 fully saturated rings. The van der Waals surface area contributed by atoms with Gasteiger partial charge in [-0.15, -0.1) is 0 Å². The van der Waals surface area contributed by atoms with Crippen LogP contribution in [0.3, 0.4) is 0 Å². The molecule has 0 saturated carbocycles. The highest BCUT2D eigenvalue weighted by atomic mass is 35.5. The Kier molecular flexibility index (Phi) is 4.87. The van der Waals surface area contributed by atoms with Crippen LogP contribution in [0.5, 0.6) is 0 Å². The summed E-state index contributed by atoms with van der Waals surface area (Å²) in [5.41, 5.74) is 2.06. The third-order valence-electron chi connectivity index (χ3n) is 4.37. The van der Waals surface area contributed by atoms with E-state index in [0.717, 1.165) is 30.6 Å². The number of hydrogen-bond donors (Lipinski definition) is 1. The van der Waals surface area contributed by atoms with Crippen molar-refractivity contribution in [3.63, 3.8) is 0 Å². The van der Waals surface area contributed by atoms with Gasteiger partial charge in [0.2, 0.25) is 5.91 Å². The normalized spacial score (nSPS) is 18.7. The van der Waals surface area contributed by atoms with E-state index in [-0.39, 0.29) is 18.0 Å². The lowest BCUT2D eigenvalue weighted by Crippen LogP contribution is -2.44. The second-order valence-corrected chi connectivity index (χ2v) is 6.35. The summed E-state index contributed by atoms with van der Waals surface area (Å²) in [4.78, 5) is 14.9. The van der Waals surface area contributed by atoms with Crippen LogP contribution in [0.4, 0.5) is 5.69 Å². The van der Waals surface area contributed by atoms with Gasteiger partial charge in [0.25, 0.3) is 0 Å². The van der Waals surface area contributed by atoms with Crippen LogP contribution < -0.4 is 10.2 Å². The summed E-state index contributed by atoms with van der Waals surface area (Å²) < 4.78 is 0. The molecule has 1 heterocycles. The number of carbonyl (C=O) groups excluding carboxylic acids is 1. The molecule has 0 aromatic heterocycles. The minimum atomic E-state index is -0.109. The molecule has 1 aliphatic heterocycles. The zero-order valence-electron chi connectivity index (χ0n) is 13.2. The van der Waals surface area contributed by atoms with Gasteiger partial charge in [0.1, 0.15) is 6.04 Å². The summed E-state index contributed by atoms with van der Waals surface area (Å²) in [7, 11) is 0. The fourth-order valence-corrected chi connectivity index (χ4v) is 3.48. The first-order valence-electron chi connectivity index (χ1n) is 8.03. The molecule has 23 heavy (non-hydrogen) atoms. The highest BCUT2D eigenvalue weighted by molar-refractivity contribution is 6.31. The van der Waals surface area contributed by atoms with Crippen LogP contribution in [0.25, 0.3) is 0 Å². The van der Waals surface area contributed by atoms with Gasteiger partial charge in [-0.1, -0.05) is 48.0 Å². The molecule has 4 heteroatoms. The smallest absolute Gasteiger partial charge is 0.243 e. The van der Waals surface area contributed by atoms with E-state index in [0.29, 0.717) is 5.02 Å². The fraction of sp³-hybridized carbons (Fsp3) is 0.316. The predicted octanol–water partition coefficient (Wildman–Crippen LogP) is 4.19. The van der Waals surface area contributed by atoms with Crippen molar-refractivity contribution in [2.75, 3.05) is 11.4 Å². The van der Waals surface area contributed by atoms with Crippen LogP contribution in [-0.4, -0.2) is 18.5 Å². The molecule has 0 unspecified atom stereocenters. The van der Waals surface area contributed by atoms with Crippen molar-refractivity contribution in [2.45, 2.75) is 31.8 Å². The zero-order valence-corrected chi connectivity index (χ0v) is 14.0. The van der Waals surface area contributed by atoms with Crippen molar-refractivity contribution in [2.24, 2.45) is 0 Å². The molecule has 0 radical (unpaired) electrons. The van der Waals surface area contributed by atoms with Crippen molar-refractivity contribution in [1.29, 1.82) is 0 Å². The summed E-state index contributed by atoms with van der Waals surface area (Å²) in [6, 6.07) is 17.6. The summed E-state index contributed by atoms with van der Waals surface area (Å²) in [5.74, 6) is 0.0683. The SMILES string of the molecule is C[C@H](NC(=O)[C@H]1CCCN1c1ccccc1)c1ccccc1Cl. The number of benzene rings is 2. The Morgan fingerprint density at radius 2 is 1.87 bits per heavy atom. The minimum absolute atomic E-state index is 0.0683. The maximum absolute atomic E-state index is 12.7. The van der Waals surface area contributed by atoms with E-state index < -0.39 is 0 Å². The Hall–Kier alpha value is -2.00. The maximum atomic E-state index is 12.7. The van der Waals surface area contributed by atoms with Gasteiger partial charge in [-0.3, -0.25) is 4.79 Å². The van der Waals surface area contributed by atoms with E-state index in [1.165, 1.54) is 0 Å². The monoisotopic (exact) mass is 328 g/mol. The van der Waals surface area contributed by atoms with Gasteiger partial charge in [-0.05, 0) is 43.5 Å². The van der Waals surface area contributed by atoms with Crippen LogP contribution in [0.15, 0.2) is 54.6 Å². The van der Waals surface area contributed by atoms with Crippen LogP contribution in [0, 0.1) is 0 Å². The molecule has 1 amide bonds. The first kappa shape index (κ1) is 15.9. The first-order valence-corrected chi connectivity index (χ1v) is 8.41. The highest BCUT2D eigenvalue weighted by Gasteiger charge is 2.31. The molecule has 1 aliphatic rings. The summed E-state index contributed by atoms with van der Waals surface area (Å²) in [6.45, 7) is 2.89. The van der Waals surface area contributed by atoms with Gasteiger partial charge in [-0.2, -0.15) is 0 Å². The van der Waals surface area contributed by atoms with Crippen molar-refractivity contribution in [1.82, 2.24) is 5.32 Å². The average molecular weight is 329 g/mol. The minimum Gasteiger partial charge on any atom is -0.360 e. The standard InChI is InChI=1S/C19H21ClN2O/c1-14(16-10-5-6-11-17(16)20)21-19(23)18-12-7-13-22(18)15-8-3-2-4-9-15/h2-6,8-11,14,18H,7,12-13H2,1H3,(H,21,23)/t14-,18+/m0/s1. The van der Waals surface area contributed by atoms with Gasteiger partial charge in [0, 0.05) is 17.3 Å². The lowest BCUT2D eigenvalue weighted by Gasteiger charge is -2.27. The number of rotatable bonds is 4. The molecule has 3 nitrogen and oxygen atoms in total. The second kappa shape index (κ2) is 7.05. The van der Waals surface area contributed by atoms with Crippen LogP contribution >= 0.6 is 11.6 Å². The van der Waals surface area contributed by atoms with Crippen LogP contribution in [-0.2, 0) is 4.79 Å². The number of anilines is 1. The molecule has 120 valence electrons. The number of amides is 1. The predicted molar refractivity (Wildman–Crippen MR) is 94.8 cm³/mol. The first-order chi connectivity index (χ1) is 11.2. The molecule has 1 N–H and O–H groups in total. The van der Waals surface area contributed by atoms with Gasteiger partial charge in [0.05, 0.1) is 6.04 Å².